The van der Waals surface area contributed by atoms with Gasteiger partial charge in [0.1, 0.15) is 11.3 Å². The van der Waals surface area contributed by atoms with Crippen LogP contribution < -0.4 is 5.32 Å². The number of para-hydroxylation sites is 1. The highest BCUT2D eigenvalue weighted by Crippen LogP contribution is 2.38. The largest absolute Gasteiger partial charge is 0.505 e. The maximum Gasteiger partial charge on any atom is 0.341 e. The average Bonchev–Trinajstić information content (AvgIpc) is 2.83. The van der Waals surface area contributed by atoms with Crippen molar-refractivity contribution in [3.63, 3.8) is 0 Å². The molecule has 3 aromatic carbocycles. The maximum absolute atomic E-state index is 13.0. The van der Waals surface area contributed by atoms with E-state index in [4.69, 9.17) is 4.74 Å². The number of azo groups is 1. The Kier molecular flexibility index (Phi) is 5.85. The molecule has 158 valence electrons. The van der Waals surface area contributed by atoms with E-state index < -0.39 is 11.9 Å². The summed E-state index contributed by atoms with van der Waals surface area (Å²) in [7, 11) is 1.25. The summed E-state index contributed by atoms with van der Waals surface area (Å²) in [6.07, 6.45) is 1.46. The minimum absolute atomic E-state index is 0.0298. The zero-order chi connectivity index (χ0) is 22.5. The summed E-state index contributed by atoms with van der Waals surface area (Å²) in [6, 6.07) is 20.7. The van der Waals surface area contributed by atoms with Gasteiger partial charge in [0, 0.05) is 11.9 Å². The van der Waals surface area contributed by atoms with E-state index in [-0.39, 0.29) is 28.4 Å². The van der Waals surface area contributed by atoms with Gasteiger partial charge in [0.2, 0.25) is 0 Å². The highest BCUT2D eigenvalue weighted by molar-refractivity contribution is 6.16. The first-order valence-electron chi connectivity index (χ1n) is 9.64. The van der Waals surface area contributed by atoms with Gasteiger partial charge in [-0.1, -0.05) is 42.5 Å². The fraction of sp³-hybridized carbons (Fsp3) is 0.0417. The van der Waals surface area contributed by atoms with Crippen LogP contribution in [0.3, 0.4) is 0 Å². The minimum atomic E-state index is -0.613. The number of methoxy groups -OCH3 is 1. The lowest BCUT2D eigenvalue weighted by atomic mass is 10.0. The van der Waals surface area contributed by atoms with Crippen LogP contribution in [0.1, 0.15) is 20.7 Å². The number of esters is 1. The van der Waals surface area contributed by atoms with E-state index >= 15 is 0 Å². The molecule has 0 spiro atoms. The number of fused-ring (bicyclic) bond motifs is 1. The molecule has 0 fully saturated rings. The van der Waals surface area contributed by atoms with Crippen LogP contribution in [0.4, 0.5) is 17.2 Å². The molecular weight excluding hydrogens is 408 g/mol. The van der Waals surface area contributed by atoms with Crippen LogP contribution in [0.5, 0.6) is 5.75 Å². The SMILES string of the molecule is COC(=O)c1cccnc1/N=N/c1cc2ccccc2c(C(=O)Nc2ccccc2)c1O. The molecule has 4 rings (SSSR count). The van der Waals surface area contributed by atoms with Crippen molar-refractivity contribution in [1.29, 1.82) is 0 Å². The van der Waals surface area contributed by atoms with E-state index in [0.29, 0.717) is 16.5 Å². The molecular formula is C24H18N4O4. The summed E-state index contributed by atoms with van der Waals surface area (Å²) >= 11 is 0. The van der Waals surface area contributed by atoms with Crippen molar-refractivity contribution in [2.24, 2.45) is 10.2 Å². The summed E-state index contributed by atoms with van der Waals surface area (Å²) in [5.74, 6) is -1.41. The number of hydrogen-bond donors (Lipinski definition) is 2. The summed E-state index contributed by atoms with van der Waals surface area (Å²) in [4.78, 5) is 29.0. The van der Waals surface area contributed by atoms with Crippen molar-refractivity contribution in [2.45, 2.75) is 0 Å². The van der Waals surface area contributed by atoms with Gasteiger partial charge in [0.15, 0.2) is 11.6 Å². The van der Waals surface area contributed by atoms with Gasteiger partial charge in [0.05, 0.1) is 12.7 Å². The molecule has 1 aromatic heterocycles. The number of rotatable bonds is 5. The van der Waals surface area contributed by atoms with Crippen LogP contribution in [-0.4, -0.2) is 29.1 Å². The molecule has 0 aliphatic rings. The van der Waals surface area contributed by atoms with Gasteiger partial charge < -0.3 is 15.2 Å². The normalized spacial score (nSPS) is 10.9. The van der Waals surface area contributed by atoms with Gasteiger partial charge >= 0.3 is 5.97 Å². The molecule has 0 radical (unpaired) electrons. The molecule has 4 aromatic rings. The lowest BCUT2D eigenvalue weighted by molar-refractivity contribution is 0.0601. The Labute approximate surface area is 183 Å². The third kappa shape index (κ3) is 4.15. The molecule has 1 heterocycles. The number of nitrogens with zero attached hydrogens (tertiary/aromatic N) is 3. The standard InChI is InChI=1S/C24H18N4O4/c1-32-24(31)18-12-7-13-25-22(18)28-27-19-14-15-8-5-6-11-17(15)20(21(19)29)23(30)26-16-9-3-2-4-10-16/h2-14,29H,1H3,(H,26,30)/b28-27+. The fourth-order valence-electron chi connectivity index (χ4n) is 3.19. The number of phenolic OH excluding ortho intramolecular Hbond substituents is 1. The van der Waals surface area contributed by atoms with Gasteiger partial charge in [-0.15, -0.1) is 10.2 Å². The lowest BCUT2D eigenvalue weighted by Crippen LogP contribution is -2.12. The van der Waals surface area contributed by atoms with Crippen molar-refractivity contribution in [2.75, 3.05) is 12.4 Å². The lowest BCUT2D eigenvalue weighted by Gasteiger charge is -2.12. The Morgan fingerprint density at radius 1 is 0.969 bits per heavy atom. The number of pyridine rings is 1. The molecule has 0 unspecified atom stereocenters. The summed E-state index contributed by atoms with van der Waals surface area (Å²) in [5, 5.41) is 23.0. The fourth-order valence-corrected chi connectivity index (χ4v) is 3.19. The number of nitrogens with one attached hydrogen (secondary N) is 1. The van der Waals surface area contributed by atoms with E-state index in [1.54, 1.807) is 54.6 Å². The predicted molar refractivity (Wildman–Crippen MR) is 120 cm³/mol. The van der Waals surface area contributed by atoms with Crippen molar-refractivity contribution < 1.29 is 19.4 Å². The number of aromatic hydroxyl groups is 1. The third-order valence-corrected chi connectivity index (χ3v) is 4.70. The van der Waals surface area contributed by atoms with Crippen LogP contribution in [0, 0.1) is 0 Å². The smallest absolute Gasteiger partial charge is 0.341 e. The summed E-state index contributed by atoms with van der Waals surface area (Å²) in [6.45, 7) is 0. The van der Waals surface area contributed by atoms with Gasteiger partial charge in [-0.25, -0.2) is 9.78 Å². The molecule has 0 saturated heterocycles. The van der Waals surface area contributed by atoms with E-state index in [0.717, 1.165) is 0 Å². The molecule has 8 heteroatoms. The number of hydrogen-bond acceptors (Lipinski definition) is 7. The second-order valence-electron chi connectivity index (χ2n) is 6.73. The number of carbonyl (C=O) groups is 2. The first kappa shape index (κ1) is 20.7. The number of benzene rings is 3. The number of ether oxygens (including phenoxy) is 1. The van der Waals surface area contributed by atoms with Crippen LogP contribution in [0.15, 0.2) is 89.2 Å². The molecule has 0 aliphatic carbocycles. The van der Waals surface area contributed by atoms with E-state index in [9.17, 15) is 14.7 Å². The Bertz CT molecular complexity index is 1340. The zero-order valence-corrected chi connectivity index (χ0v) is 17.0. The number of anilines is 1. The van der Waals surface area contributed by atoms with Crippen molar-refractivity contribution in [3.8, 4) is 5.75 Å². The second kappa shape index (κ2) is 9.05. The van der Waals surface area contributed by atoms with Crippen molar-refractivity contribution in [3.05, 3.63) is 90.1 Å². The van der Waals surface area contributed by atoms with Crippen molar-refractivity contribution in [1.82, 2.24) is 4.98 Å². The summed E-state index contributed by atoms with van der Waals surface area (Å²) in [5.41, 5.74) is 0.837. The topological polar surface area (TPSA) is 113 Å². The van der Waals surface area contributed by atoms with Gasteiger partial charge in [-0.2, -0.15) is 0 Å². The molecule has 8 nitrogen and oxygen atoms in total. The van der Waals surface area contributed by atoms with Crippen LogP contribution in [0.25, 0.3) is 10.8 Å². The Hall–Kier alpha value is -4.59. The number of carbonyl (C=O) groups excluding carboxylic acids is 2. The van der Waals surface area contributed by atoms with E-state index in [1.807, 2.05) is 12.1 Å². The van der Waals surface area contributed by atoms with E-state index in [1.165, 1.54) is 19.4 Å². The molecule has 0 saturated carbocycles. The molecule has 0 atom stereocenters. The van der Waals surface area contributed by atoms with Gasteiger partial charge in [-0.05, 0) is 41.1 Å². The highest BCUT2D eigenvalue weighted by atomic mass is 16.5. The maximum atomic E-state index is 13.0. The van der Waals surface area contributed by atoms with Gasteiger partial charge in [-0.3, -0.25) is 4.79 Å². The molecule has 1 amide bonds. The van der Waals surface area contributed by atoms with E-state index in [2.05, 4.69) is 20.5 Å². The highest BCUT2D eigenvalue weighted by Gasteiger charge is 2.20. The van der Waals surface area contributed by atoms with Gasteiger partial charge in [0.25, 0.3) is 5.91 Å². The number of phenols is 1. The Balaban J connectivity index is 1.79. The molecule has 0 bridgehead atoms. The Morgan fingerprint density at radius 3 is 2.50 bits per heavy atom. The predicted octanol–water partition coefficient (Wildman–Crippen LogP) is 5.39. The second-order valence-corrected chi connectivity index (χ2v) is 6.73. The van der Waals surface area contributed by atoms with Crippen molar-refractivity contribution >= 4 is 39.8 Å². The Morgan fingerprint density at radius 2 is 1.72 bits per heavy atom. The molecule has 2 N–H and O–H groups in total. The monoisotopic (exact) mass is 426 g/mol. The molecule has 0 aliphatic heterocycles. The molecule has 32 heavy (non-hydrogen) atoms. The number of aromatic nitrogens is 1. The zero-order valence-electron chi connectivity index (χ0n) is 17.0. The summed E-state index contributed by atoms with van der Waals surface area (Å²) < 4.78 is 4.73. The van der Waals surface area contributed by atoms with Crippen LogP contribution in [0.2, 0.25) is 0 Å². The first-order valence-corrected chi connectivity index (χ1v) is 9.64. The number of amides is 1. The minimum Gasteiger partial charge on any atom is -0.505 e. The van der Waals surface area contributed by atoms with Crippen LogP contribution in [-0.2, 0) is 4.74 Å². The van der Waals surface area contributed by atoms with Crippen LogP contribution >= 0.6 is 0 Å². The third-order valence-electron chi connectivity index (χ3n) is 4.70. The quantitative estimate of drug-likeness (QED) is 0.328. The average molecular weight is 426 g/mol. The first-order chi connectivity index (χ1) is 15.6.